The average molecular weight is 248 g/mol. The molecule has 2 aromatic rings. The van der Waals surface area contributed by atoms with E-state index in [1.165, 1.54) is 0 Å². The molecule has 98 valence electrons. The molecule has 0 aliphatic carbocycles. The SMILES string of the molecule is CC(C)(C)c1nc2[nH]nc(C(C)(C)C)c2c(=O)[nH]1. The molecule has 2 rings (SSSR count). The van der Waals surface area contributed by atoms with Crippen LogP contribution in [0.2, 0.25) is 0 Å². The first kappa shape index (κ1) is 12.8. The summed E-state index contributed by atoms with van der Waals surface area (Å²) in [7, 11) is 0. The number of nitrogens with zero attached hydrogens (tertiary/aromatic N) is 2. The molecule has 0 aliphatic rings. The van der Waals surface area contributed by atoms with Crippen LogP contribution in [-0.2, 0) is 10.8 Å². The number of aromatic nitrogens is 4. The first-order valence-corrected chi connectivity index (χ1v) is 6.10. The molecule has 0 atom stereocenters. The van der Waals surface area contributed by atoms with Crippen molar-refractivity contribution < 1.29 is 0 Å². The summed E-state index contributed by atoms with van der Waals surface area (Å²) in [5.41, 5.74) is 0.820. The molecule has 0 saturated carbocycles. The fraction of sp³-hybridized carbons (Fsp3) is 0.615. The summed E-state index contributed by atoms with van der Waals surface area (Å²) >= 11 is 0. The highest BCUT2D eigenvalue weighted by Gasteiger charge is 2.25. The number of nitrogens with one attached hydrogen (secondary N) is 2. The zero-order valence-corrected chi connectivity index (χ0v) is 11.8. The van der Waals surface area contributed by atoms with Crippen molar-refractivity contribution >= 4 is 11.0 Å². The molecule has 0 radical (unpaired) electrons. The van der Waals surface area contributed by atoms with E-state index >= 15 is 0 Å². The van der Waals surface area contributed by atoms with Gasteiger partial charge in [0.05, 0.1) is 5.69 Å². The number of hydrogen-bond acceptors (Lipinski definition) is 3. The van der Waals surface area contributed by atoms with Gasteiger partial charge in [0, 0.05) is 10.8 Å². The summed E-state index contributed by atoms with van der Waals surface area (Å²) in [6.45, 7) is 12.1. The van der Waals surface area contributed by atoms with Crippen LogP contribution < -0.4 is 5.56 Å². The highest BCUT2D eigenvalue weighted by molar-refractivity contribution is 5.77. The molecule has 2 N–H and O–H groups in total. The standard InChI is InChI=1S/C13H20N4O/c1-12(2,3)8-7-9(17-16-8)14-11(13(4,5)6)15-10(7)18/h1-6H3,(H2,14,15,16,17,18). The zero-order chi connectivity index (χ0) is 13.7. The Morgan fingerprint density at radius 1 is 1.00 bits per heavy atom. The van der Waals surface area contributed by atoms with Gasteiger partial charge < -0.3 is 4.98 Å². The lowest BCUT2D eigenvalue weighted by atomic mass is 9.90. The first-order chi connectivity index (χ1) is 8.10. The van der Waals surface area contributed by atoms with Gasteiger partial charge in [0.2, 0.25) is 0 Å². The molecule has 0 bridgehead atoms. The second kappa shape index (κ2) is 3.67. The molecule has 5 heteroatoms. The topological polar surface area (TPSA) is 74.4 Å². The van der Waals surface area contributed by atoms with Crippen molar-refractivity contribution in [3.63, 3.8) is 0 Å². The first-order valence-electron chi connectivity index (χ1n) is 6.10. The van der Waals surface area contributed by atoms with Crippen molar-refractivity contribution in [2.45, 2.75) is 52.4 Å². The van der Waals surface area contributed by atoms with Gasteiger partial charge in [0.15, 0.2) is 5.65 Å². The molecule has 2 heterocycles. The number of aromatic amines is 2. The monoisotopic (exact) mass is 248 g/mol. The summed E-state index contributed by atoms with van der Waals surface area (Å²) in [5.74, 6) is 0.670. The quantitative estimate of drug-likeness (QED) is 0.750. The van der Waals surface area contributed by atoms with Gasteiger partial charge in [-0.25, -0.2) is 4.98 Å². The average Bonchev–Trinajstić information content (AvgIpc) is 2.59. The van der Waals surface area contributed by atoms with Crippen molar-refractivity contribution in [2.24, 2.45) is 0 Å². The van der Waals surface area contributed by atoms with E-state index in [9.17, 15) is 4.79 Å². The Balaban J connectivity index is 2.77. The Morgan fingerprint density at radius 3 is 2.11 bits per heavy atom. The Morgan fingerprint density at radius 2 is 1.61 bits per heavy atom. The van der Waals surface area contributed by atoms with E-state index in [4.69, 9.17) is 0 Å². The molecule has 0 aliphatic heterocycles. The van der Waals surface area contributed by atoms with E-state index in [0.29, 0.717) is 16.9 Å². The minimum absolute atomic E-state index is 0.122. The maximum Gasteiger partial charge on any atom is 0.262 e. The third-order valence-corrected chi connectivity index (χ3v) is 2.85. The smallest absolute Gasteiger partial charge is 0.262 e. The predicted molar refractivity (Wildman–Crippen MR) is 71.9 cm³/mol. The van der Waals surface area contributed by atoms with Gasteiger partial charge in [-0.1, -0.05) is 41.5 Å². The minimum Gasteiger partial charge on any atom is -0.309 e. The van der Waals surface area contributed by atoms with Gasteiger partial charge in [0.1, 0.15) is 11.2 Å². The summed E-state index contributed by atoms with van der Waals surface area (Å²) in [6, 6.07) is 0. The van der Waals surface area contributed by atoms with Crippen LogP contribution in [0, 0.1) is 0 Å². The maximum atomic E-state index is 12.2. The predicted octanol–water partition coefficient (Wildman–Crippen LogP) is 2.24. The molecule has 0 aromatic carbocycles. The van der Waals surface area contributed by atoms with E-state index in [2.05, 4.69) is 20.2 Å². The lowest BCUT2D eigenvalue weighted by Crippen LogP contribution is -2.23. The summed E-state index contributed by atoms with van der Waals surface area (Å²) in [6.07, 6.45) is 0. The van der Waals surface area contributed by atoms with Gasteiger partial charge in [-0.2, -0.15) is 5.10 Å². The Kier molecular flexibility index (Phi) is 2.61. The van der Waals surface area contributed by atoms with Gasteiger partial charge in [0.25, 0.3) is 5.56 Å². The van der Waals surface area contributed by atoms with Crippen molar-refractivity contribution in [3.8, 4) is 0 Å². The number of H-pyrrole nitrogens is 2. The summed E-state index contributed by atoms with van der Waals surface area (Å²) in [5, 5.41) is 7.68. The van der Waals surface area contributed by atoms with Crippen LogP contribution in [0.25, 0.3) is 11.0 Å². The molecule has 18 heavy (non-hydrogen) atoms. The van der Waals surface area contributed by atoms with Crippen LogP contribution in [0.4, 0.5) is 0 Å². The van der Waals surface area contributed by atoms with Crippen molar-refractivity contribution in [3.05, 3.63) is 21.9 Å². The lowest BCUT2D eigenvalue weighted by Gasteiger charge is -2.17. The van der Waals surface area contributed by atoms with Gasteiger partial charge in [-0.3, -0.25) is 9.89 Å². The molecule has 5 nitrogen and oxygen atoms in total. The third-order valence-electron chi connectivity index (χ3n) is 2.85. The number of rotatable bonds is 0. The van der Waals surface area contributed by atoms with Gasteiger partial charge in [-0.05, 0) is 0 Å². The molecular formula is C13H20N4O. The molecule has 0 amide bonds. The normalized spacial score (nSPS) is 13.2. The van der Waals surface area contributed by atoms with Crippen molar-refractivity contribution in [2.75, 3.05) is 0 Å². The van der Waals surface area contributed by atoms with Gasteiger partial charge >= 0.3 is 0 Å². The van der Waals surface area contributed by atoms with Crippen LogP contribution in [0.5, 0.6) is 0 Å². The largest absolute Gasteiger partial charge is 0.309 e. The fourth-order valence-electron chi connectivity index (χ4n) is 1.84. The highest BCUT2D eigenvalue weighted by Crippen LogP contribution is 2.25. The van der Waals surface area contributed by atoms with E-state index in [1.54, 1.807) is 0 Å². The fourth-order valence-corrected chi connectivity index (χ4v) is 1.84. The van der Waals surface area contributed by atoms with E-state index in [1.807, 2.05) is 41.5 Å². The maximum absolute atomic E-state index is 12.2. The Labute approximate surface area is 106 Å². The lowest BCUT2D eigenvalue weighted by molar-refractivity contribution is 0.545. The number of fused-ring (bicyclic) bond motifs is 1. The van der Waals surface area contributed by atoms with Crippen molar-refractivity contribution in [1.29, 1.82) is 0 Å². The van der Waals surface area contributed by atoms with Gasteiger partial charge in [-0.15, -0.1) is 0 Å². The van der Waals surface area contributed by atoms with Crippen LogP contribution in [0.15, 0.2) is 4.79 Å². The number of hydrogen-bond donors (Lipinski definition) is 2. The van der Waals surface area contributed by atoms with Crippen LogP contribution >= 0.6 is 0 Å². The Bertz CT molecular complexity index is 638. The molecule has 0 fully saturated rings. The zero-order valence-electron chi connectivity index (χ0n) is 11.8. The highest BCUT2D eigenvalue weighted by atomic mass is 16.1. The summed E-state index contributed by atoms with van der Waals surface area (Å²) in [4.78, 5) is 19.5. The summed E-state index contributed by atoms with van der Waals surface area (Å²) < 4.78 is 0. The molecule has 0 spiro atoms. The van der Waals surface area contributed by atoms with Crippen LogP contribution in [0.3, 0.4) is 0 Å². The second-order valence-electron chi connectivity index (χ2n) is 6.71. The minimum atomic E-state index is -0.194. The molecular weight excluding hydrogens is 228 g/mol. The molecule has 2 aromatic heterocycles. The van der Waals surface area contributed by atoms with E-state index in [0.717, 1.165) is 5.69 Å². The molecule has 0 saturated heterocycles. The van der Waals surface area contributed by atoms with Crippen molar-refractivity contribution in [1.82, 2.24) is 20.2 Å². The van der Waals surface area contributed by atoms with Crippen LogP contribution in [0.1, 0.15) is 53.1 Å². The molecule has 0 unspecified atom stereocenters. The van der Waals surface area contributed by atoms with E-state index < -0.39 is 0 Å². The Hall–Kier alpha value is -1.65. The third kappa shape index (κ3) is 2.05. The van der Waals surface area contributed by atoms with E-state index in [-0.39, 0.29) is 16.4 Å². The second-order valence-corrected chi connectivity index (χ2v) is 6.71. The van der Waals surface area contributed by atoms with Crippen LogP contribution in [-0.4, -0.2) is 20.2 Å².